The Morgan fingerprint density at radius 1 is 1.53 bits per heavy atom. The predicted molar refractivity (Wildman–Crippen MR) is 51.6 cm³/mol. The number of amides is 1. The molecule has 1 aromatic heterocycles. The van der Waals surface area contributed by atoms with Gasteiger partial charge >= 0.3 is 6.09 Å². The molecule has 0 unspecified atom stereocenters. The van der Waals surface area contributed by atoms with Crippen molar-refractivity contribution in [3.63, 3.8) is 0 Å². The van der Waals surface area contributed by atoms with E-state index < -0.39 is 11.7 Å². The highest BCUT2D eigenvalue weighted by Gasteiger charge is 2.17. The second-order valence-corrected chi connectivity index (χ2v) is 3.79. The number of rotatable bonds is 2. The fourth-order valence-electron chi connectivity index (χ4n) is 0.784. The fourth-order valence-corrected chi connectivity index (χ4v) is 0.784. The van der Waals surface area contributed by atoms with Crippen LogP contribution in [0.25, 0.3) is 0 Å². The van der Waals surface area contributed by atoms with Gasteiger partial charge in [0.05, 0.1) is 0 Å². The number of ether oxygens (including phenoxy) is 1. The lowest BCUT2D eigenvalue weighted by molar-refractivity contribution is 0.0634. The van der Waals surface area contributed by atoms with Gasteiger partial charge in [0.2, 0.25) is 11.8 Å². The third-order valence-electron chi connectivity index (χ3n) is 1.23. The predicted octanol–water partition coefficient (Wildman–Crippen LogP) is 0.964. The highest BCUT2D eigenvalue weighted by atomic mass is 16.6. The van der Waals surface area contributed by atoms with Crippen molar-refractivity contribution in [3.8, 4) is 0 Å². The number of hydrogen-bond donors (Lipinski definition) is 2. The van der Waals surface area contributed by atoms with Crippen LogP contribution in [-0.2, 0) is 4.74 Å². The SMILES string of the molecule is CC(C)(C)OC(=O)Nc1nc(C=O)n[nH]1. The molecule has 0 aliphatic heterocycles. The summed E-state index contributed by atoms with van der Waals surface area (Å²) >= 11 is 0. The zero-order valence-electron chi connectivity index (χ0n) is 8.70. The largest absolute Gasteiger partial charge is 0.444 e. The molecule has 0 saturated heterocycles. The Morgan fingerprint density at radius 3 is 2.67 bits per heavy atom. The maximum Gasteiger partial charge on any atom is 0.414 e. The van der Waals surface area contributed by atoms with Crippen molar-refractivity contribution in [1.29, 1.82) is 0 Å². The van der Waals surface area contributed by atoms with Gasteiger partial charge in [-0.15, -0.1) is 5.10 Å². The van der Waals surface area contributed by atoms with Crippen molar-refractivity contribution in [1.82, 2.24) is 15.2 Å². The number of aldehydes is 1. The number of aromatic nitrogens is 3. The highest BCUT2D eigenvalue weighted by Crippen LogP contribution is 2.08. The highest BCUT2D eigenvalue weighted by molar-refractivity contribution is 5.83. The van der Waals surface area contributed by atoms with Gasteiger partial charge in [-0.1, -0.05) is 0 Å². The number of anilines is 1. The molecule has 0 aliphatic rings. The molecule has 1 rings (SSSR count). The lowest BCUT2D eigenvalue weighted by Gasteiger charge is -2.18. The number of nitrogens with one attached hydrogen (secondary N) is 2. The zero-order chi connectivity index (χ0) is 11.5. The Bertz CT molecular complexity index is 366. The molecule has 7 heteroatoms. The molecule has 0 atom stereocenters. The molecule has 1 amide bonds. The molecule has 0 aliphatic carbocycles. The Kier molecular flexibility index (Phi) is 3.03. The van der Waals surface area contributed by atoms with Crippen LogP contribution in [0, 0.1) is 0 Å². The minimum atomic E-state index is -0.656. The van der Waals surface area contributed by atoms with Crippen LogP contribution >= 0.6 is 0 Å². The average Bonchev–Trinajstić information content (AvgIpc) is 2.48. The van der Waals surface area contributed by atoms with E-state index in [1.807, 2.05) is 0 Å². The molecule has 0 radical (unpaired) electrons. The van der Waals surface area contributed by atoms with Crippen LogP contribution in [0.15, 0.2) is 0 Å². The van der Waals surface area contributed by atoms with E-state index in [9.17, 15) is 9.59 Å². The minimum Gasteiger partial charge on any atom is -0.444 e. The van der Waals surface area contributed by atoms with Crippen LogP contribution in [0.4, 0.5) is 10.7 Å². The van der Waals surface area contributed by atoms with Crippen LogP contribution < -0.4 is 5.32 Å². The standard InChI is InChI=1S/C8H12N4O3/c1-8(2,3)15-7(14)10-6-9-5(4-13)11-12-6/h4H,1-3H3,(H2,9,10,11,12,14). The minimum absolute atomic E-state index is 0.0268. The van der Waals surface area contributed by atoms with Crippen molar-refractivity contribution < 1.29 is 14.3 Å². The Morgan fingerprint density at radius 2 is 2.20 bits per heavy atom. The summed E-state index contributed by atoms with van der Waals surface area (Å²) in [5, 5.41) is 8.18. The topological polar surface area (TPSA) is 97.0 Å². The van der Waals surface area contributed by atoms with E-state index in [0.29, 0.717) is 6.29 Å². The number of aromatic amines is 1. The van der Waals surface area contributed by atoms with Crippen LogP contribution in [0.1, 0.15) is 31.4 Å². The van der Waals surface area contributed by atoms with Crippen LogP contribution in [0.3, 0.4) is 0 Å². The molecule has 0 spiro atoms. The monoisotopic (exact) mass is 212 g/mol. The van der Waals surface area contributed by atoms with Gasteiger partial charge in [-0.05, 0) is 20.8 Å². The normalized spacial score (nSPS) is 10.9. The number of nitrogens with zero attached hydrogens (tertiary/aromatic N) is 2. The van der Waals surface area contributed by atoms with Gasteiger partial charge in [-0.2, -0.15) is 4.98 Å². The van der Waals surface area contributed by atoms with Gasteiger partial charge < -0.3 is 4.74 Å². The summed E-state index contributed by atoms with van der Waals surface area (Å²) in [5.74, 6) is 0.0485. The van der Waals surface area contributed by atoms with Crippen LogP contribution in [0.2, 0.25) is 0 Å². The summed E-state index contributed by atoms with van der Waals surface area (Å²) in [6, 6.07) is 0. The molecule has 0 fully saturated rings. The first-order chi connectivity index (χ1) is 6.90. The third-order valence-corrected chi connectivity index (χ3v) is 1.23. The van der Waals surface area contributed by atoms with E-state index in [0.717, 1.165) is 0 Å². The maximum absolute atomic E-state index is 11.2. The lowest BCUT2D eigenvalue weighted by Crippen LogP contribution is -2.27. The van der Waals surface area contributed by atoms with Gasteiger partial charge in [-0.3, -0.25) is 10.1 Å². The van der Waals surface area contributed by atoms with Gasteiger partial charge in [0.15, 0.2) is 6.29 Å². The first-order valence-electron chi connectivity index (χ1n) is 4.28. The average molecular weight is 212 g/mol. The van der Waals surface area contributed by atoms with E-state index >= 15 is 0 Å². The van der Waals surface area contributed by atoms with Crippen LogP contribution in [0.5, 0.6) is 0 Å². The third kappa shape index (κ3) is 3.75. The number of hydrogen-bond acceptors (Lipinski definition) is 5. The summed E-state index contributed by atoms with van der Waals surface area (Å²) in [6.45, 7) is 5.22. The number of carbonyl (C=O) groups is 2. The number of H-pyrrole nitrogens is 1. The Hall–Kier alpha value is -1.92. The van der Waals surface area contributed by atoms with Gasteiger partial charge in [-0.25, -0.2) is 9.89 Å². The first kappa shape index (κ1) is 11.2. The summed E-state index contributed by atoms with van der Waals surface area (Å²) in [6.07, 6.45) is -0.187. The van der Waals surface area contributed by atoms with Crippen molar-refractivity contribution in [2.75, 3.05) is 5.32 Å². The second-order valence-electron chi connectivity index (χ2n) is 3.79. The molecular weight excluding hydrogens is 200 g/mol. The summed E-state index contributed by atoms with van der Waals surface area (Å²) in [4.78, 5) is 25.1. The Balaban J connectivity index is 2.55. The van der Waals surface area contributed by atoms with Crippen LogP contribution in [-0.4, -0.2) is 33.2 Å². The summed E-state index contributed by atoms with van der Waals surface area (Å²) in [5.41, 5.74) is -0.586. The van der Waals surface area contributed by atoms with E-state index in [1.54, 1.807) is 20.8 Å². The zero-order valence-corrected chi connectivity index (χ0v) is 8.70. The van der Waals surface area contributed by atoms with E-state index in [2.05, 4.69) is 20.5 Å². The molecule has 7 nitrogen and oxygen atoms in total. The quantitative estimate of drug-likeness (QED) is 0.712. The van der Waals surface area contributed by atoms with Gasteiger partial charge in [0.25, 0.3) is 0 Å². The van der Waals surface area contributed by atoms with Crippen molar-refractivity contribution in [2.45, 2.75) is 26.4 Å². The van der Waals surface area contributed by atoms with E-state index in [4.69, 9.17) is 4.74 Å². The maximum atomic E-state index is 11.2. The molecule has 1 heterocycles. The van der Waals surface area contributed by atoms with Crippen molar-refractivity contribution in [2.24, 2.45) is 0 Å². The molecule has 2 N–H and O–H groups in total. The summed E-state index contributed by atoms with van der Waals surface area (Å²) < 4.78 is 4.96. The lowest BCUT2D eigenvalue weighted by atomic mass is 10.2. The second kappa shape index (κ2) is 4.07. The summed E-state index contributed by atoms with van der Waals surface area (Å²) in [7, 11) is 0. The fraction of sp³-hybridized carbons (Fsp3) is 0.500. The van der Waals surface area contributed by atoms with Crippen molar-refractivity contribution >= 4 is 18.3 Å². The molecule has 0 saturated carbocycles. The van der Waals surface area contributed by atoms with E-state index in [1.165, 1.54) is 0 Å². The van der Waals surface area contributed by atoms with E-state index in [-0.39, 0.29) is 11.8 Å². The molecule has 1 aromatic rings. The van der Waals surface area contributed by atoms with Crippen molar-refractivity contribution in [3.05, 3.63) is 5.82 Å². The Labute approximate surface area is 86.2 Å². The smallest absolute Gasteiger partial charge is 0.414 e. The molecule has 0 aromatic carbocycles. The first-order valence-corrected chi connectivity index (χ1v) is 4.28. The van der Waals surface area contributed by atoms with Gasteiger partial charge in [0.1, 0.15) is 5.60 Å². The molecular formula is C8H12N4O3. The molecule has 0 bridgehead atoms. The van der Waals surface area contributed by atoms with Gasteiger partial charge in [0, 0.05) is 0 Å². The molecule has 82 valence electrons. The number of carbonyl (C=O) groups excluding carboxylic acids is 2. The molecule has 15 heavy (non-hydrogen) atoms.